The van der Waals surface area contributed by atoms with E-state index in [0.717, 1.165) is 24.2 Å². The van der Waals surface area contributed by atoms with Gasteiger partial charge in [-0.05, 0) is 60.3 Å². The van der Waals surface area contributed by atoms with Crippen molar-refractivity contribution in [3.63, 3.8) is 0 Å². The highest BCUT2D eigenvalue weighted by Gasteiger charge is 2.37. The minimum atomic E-state index is -1.95. The van der Waals surface area contributed by atoms with Crippen LogP contribution >= 0.6 is 0 Å². The Morgan fingerprint density at radius 1 is 1.11 bits per heavy atom. The van der Waals surface area contributed by atoms with Crippen LogP contribution in [0.2, 0.25) is 18.1 Å². The zero-order valence-corrected chi connectivity index (χ0v) is 24.4. The van der Waals surface area contributed by atoms with E-state index in [1.807, 2.05) is 28.8 Å². The summed E-state index contributed by atoms with van der Waals surface area (Å²) in [4.78, 5) is 15.9. The van der Waals surface area contributed by atoms with Crippen LogP contribution in [0.25, 0.3) is 10.9 Å². The second kappa shape index (κ2) is 11.2. The van der Waals surface area contributed by atoms with Crippen molar-refractivity contribution in [2.75, 3.05) is 6.61 Å². The van der Waals surface area contributed by atoms with Gasteiger partial charge in [0, 0.05) is 30.3 Å². The number of hydrogen-bond donors (Lipinski definition) is 1. The first-order valence-corrected chi connectivity index (χ1v) is 16.1. The molecule has 1 amide bonds. The van der Waals surface area contributed by atoms with Crippen molar-refractivity contribution >= 4 is 25.1 Å². The van der Waals surface area contributed by atoms with Crippen LogP contribution in [0.5, 0.6) is 5.75 Å². The molecule has 0 radical (unpaired) electrons. The first-order valence-electron chi connectivity index (χ1n) is 13.2. The van der Waals surface area contributed by atoms with E-state index in [1.165, 1.54) is 16.5 Å². The van der Waals surface area contributed by atoms with E-state index in [1.54, 1.807) is 12.5 Å². The maximum Gasteiger partial charge on any atom is 0.268 e. The molecule has 0 spiro atoms. The predicted molar refractivity (Wildman–Crippen MR) is 155 cm³/mol. The summed E-state index contributed by atoms with van der Waals surface area (Å²) >= 11 is 0. The Hall–Kier alpha value is -3.36. The topological polar surface area (TPSA) is 84.3 Å². The molecule has 2 heterocycles. The molecule has 7 nitrogen and oxygen atoms in total. The van der Waals surface area contributed by atoms with Crippen LogP contribution in [-0.2, 0) is 24.5 Å². The van der Waals surface area contributed by atoms with Gasteiger partial charge >= 0.3 is 0 Å². The van der Waals surface area contributed by atoms with E-state index in [4.69, 9.17) is 14.9 Å². The lowest BCUT2D eigenvalue weighted by Gasteiger charge is -2.37. The highest BCUT2D eigenvalue weighted by Crippen LogP contribution is 2.37. The number of hydrogen-bond acceptors (Lipinski definition) is 4. The van der Waals surface area contributed by atoms with E-state index in [9.17, 15) is 4.79 Å². The Kier molecular flexibility index (Phi) is 8.13. The summed E-state index contributed by atoms with van der Waals surface area (Å²) in [6.07, 6.45) is 7.30. The minimum Gasteiger partial charge on any atom is -0.489 e. The van der Waals surface area contributed by atoms with Gasteiger partial charge in [-0.25, -0.2) is 4.98 Å². The maximum absolute atomic E-state index is 11.7. The van der Waals surface area contributed by atoms with E-state index in [-0.39, 0.29) is 16.8 Å². The zero-order chi connectivity index (χ0) is 27.5. The number of nitrogens with zero attached hydrogens (tertiary/aromatic N) is 3. The Bertz CT molecular complexity index is 1390. The van der Waals surface area contributed by atoms with Crippen molar-refractivity contribution < 1.29 is 14.0 Å². The summed E-state index contributed by atoms with van der Waals surface area (Å²) in [5.41, 5.74) is 9.31. The van der Waals surface area contributed by atoms with E-state index in [2.05, 4.69) is 80.9 Å². The number of rotatable bonds is 11. The number of benzene rings is 2. The van der Waals surface area contributed by atoms with Crippen molar-refractivity contribution in [2.24, 2.45) is 12.8 Å². The first kappa shape index (κ1) is 27.7. The van der Waals surface area contributed by atoms with Crippen LogP contribution < -0.4 is 10.5 Å². The molecule has 38 heavy (non-hydrogen) atoms. The molecule has 2 aromatic carbocycles. The van der Waals surface area contributed by atoms with Gasteiger partial charge in [0.15, 0.2) is 8.32 Å². The quantitative estimate of drug-likeness (QED) is 0.232. The normalized spacial score (nSPS) is 13.1. The van der Waals surface area contributed by atoms with Crippen molar-refractivity contribution in [3.8, 4) is 5.75 Å². The lowest BCUT2D eigenvalue weighted by atomic mass is 10.0. The van der Waals surface area contributed by atoms with Gasteiger partial charge in [-0.2, -0.15) is 0 Å². The van der Waals surface area contributed by atoms with Gasteiger partial charge in [-0.1, -0.05) is 51.1 Å². The standard InChI is InChI=1S/C30H40N4O3Si/c1-30(2,3)38(5,6)37-20-24(34-18-27(29(31)35)32-21-34)13-12-23-17-33(4)28-15-14-25(16-26(23)28)36-19-22-10-8-7-9-11-22/h7-11,14-18,21,24H,12-13,19-20H2,1-6H3,(H2,31,35)/t24-/m1/s1. The third-order valence-corrected chi connectivity index (χ3v) is 12.3. The van der Waals surface area contributed by atoms with Crippen LogP contribution in [0.15, 0.2) is 67.3 Å². The number of amides is 1. The summed E-state index contributed by atoms with van der Waals surface area (Å²) in [7, 11) is 0.119. The third kappa shape index (κ3) is 6.37. The summed E-state index contributed by atoms with van der Waals surface area (Å²) in [5, 5.41) is 1.29. The molecule has 0 fully saturated rings. The monoisotopic (exact) mass is 532 g/mol. The molecule has 0 aliphatic heterocycles. The molecule has 0 bridgehead atoms. The fourth-order valence-corrected chi connectivity index (χ4v) is 5.35. The Balaban J connectivity index is 1.54. The van der Waals surface area contributed by atoms with Gasteiger partial charge in [0.25, 0.3) is 5.91 Å². The Labute approximate surface area is 226 Å². The first-order chi connectivity index (χ1) is 17.9. The number of primary amides is 1. The van der Waals surface area contributed by atoms with Gasteiger partial charge in [0.2, 0.25) is 0 Å². The largest absolute Gasteiger partial charge is 0.489 e. The number of aryl methyl sites for hydroxylation is 2. The second-order valence-electron chi connectivity index (χ2n) is 11.6. The van der Waals surface area contributed by atoms with Crippen LogP contribution in [0.4, 0.5) is 0 Å². The van der Waals surface area contributed by atoms with Gasteiger partial charge in [0.05, 0.1) is 19.0 Å². The highest BCUT2D eigenvalue weighted by atomic mass is 28.4. The number of carbonyl (C=O) groups excluding carboxylic acids is 1. The fraction of sp³-hybridized carbons (Fsp3) is 0.400. The van der Waals surface area contributed by atoms with Crippen molar-refractivity contribution in [2.45, 2.75) is 64.4 Å². The van der Waals surface area contributed by atoms with Crippen molar-refractivity contribution in [1.82, 2.24) is 14.1 Å². The molecule has 0 saturated carbocycles. The van der Waals surface area contributed by atoms with Gasteiger partial charge < -0.3 is 24.0 Å². The van der Waals surface area contributed by atoms with Gasteiger partial charge in [-0.3, -0.25) is 4.79 Å². The molecule has 202 valence electrons. The van der Waals surface area contributed by atoms with Crippen molar-refractivity contribution in [1.29, 1.82) is 0 Å². The molecule has 0 saturated heterocycles. The summed E-state index contributed by atoms with van der Waals surface area (Å²) in [6, 6.07) is 16.5. The van der Waals surface area contributed by atoms with Gasteiger partial charge in [0.1, 0.15) is 18.1 Å². The zero-order valence-electron chi connectivity index (χ0n) is 23.4. The highest BCUT2D eigenvalue weighted by molar-refractivity contribution is 6.74. The average Bonchev–Trinajstić information content (AvgIpc) is 3.48. The smallest absolute Gasteiger partial charge is 0.268 e. The van der Waals surface area contributed by atoms with Crippen LogP contribution in [0, 0.1) is 0 Å². The predicted octanol–water partition coefficient (Wildman–Crippen LogP) is 6.25. The summed E-state index contributed by atoms with van der Waals surface area (Å²) in [5.74, 6) is 0.331. The average molecular weight is 533 g/mol. The molecule has 4 rings (SSSR count). The maximum atomic E-state index is 11.7. The van der Waals surface area contributed by atoms with E-state index >= 15 is 0 Å². The molecular weight excluding hydrogens is 492 g/mol. The molecule has 0 unspecified atom stereocenters. The Morgan fingerprint density at radius 3 is 2.50 bits per heavy atom. The SMILES string of the molecule is Cn1cc(CC[C@H](CO[Si](C)(C)C(C)(C)C)n2cnc(C(N)=O)c2)c2cc(OCc3ccccc3)ccc21. The van der Waals surface area contributed by atoms with Crippen molar-refractivity contribution in [3.05, 3.63) is 84.1 Å². The molecule has 0 aliphatic rings. The number of fused-ring (bicyclic) bond motifs is 1. The minimum absolute atomic E-state index is 0.0255. The summed E-state index contributed by atoms with van der Waals surface area (Å²) in [6.45, 7) is 12.3. The number of carbonyl (C=O) groups is 1. The van der Waals surface area contributed by atoms with Crippen LogP contribution in [0.1, 0.15) is 54.8 Å². The van der Waals surface area contributed by atoms with E-state index in [0.29, 0.717) is 13.2 Å². The molecule has 8 heteroatoms. The molecule has 2 aromatic heterocycles. The van der Waals surface area contributed by atoms with Crippen LogP contribution in [0.3, 0.4) is 0 Å². The fourth-order valence-electron chi connectivity index (χ4n) is 4.31. The lowest BCUT2D eigenvalue weighted by Crippen LogP contribution is -2.42. The van der Waals surface area contributed by atoms with E-state index < -0.39 is 14.2 Å². The molecule has 2 N–H and O–H groups in total. The molecule has 1 atom stereocenters. The number of nitrogens with two attached hydrogens (primary N) is 1. The number of aromatic nitrogens is 3. The summed E-state index contributed by atoms with van der Waals surface area (Å²) < 4.78 is 16.9. The second-order valence-corrected chi connectivity index (χ2v) is 16.4. The third-order valence-electron chi connectivity index (χ3n) is 7.76. The molecule has 0 aliphatic carbocycles. The van der Waals surface area contributed by atoms with Crippen LogP contribution in [-0.4, -0.2) is 34.9 Å². The number of imidazole rings is 1. The number of ether oxygens (including phenoxy) is 1. The Morgan fingerprint density at radius 2 is 1.84 bits per heavy atom. The van der Waals surface area contributed by atoms with Gasteiger partial charge in [-0.15, -0.1) is 0 Å². The lowest BCUT2D eigenvalue weighted by molar-refractivity contribution is 0.0995. The molecule has 4 aromatic rings. The molecular formula is C30H40N4O3Si.